The first kappa shape index (κ1) is 19.3. The van der Waals surface area contributed by atoms with Crippen molar-refractivity contribution in [3.05, 3.63) is 64.4 Å². The van der Waals surface area contributed by atoms with Gasteiger partial charge in [-0.2, -0.15) is 0 Å². The Balaban J connectivity index is 1.43. The van der Waals surface area contributed by atoms with E-state index in [0.29, 0.717) is 13.1 Å². The second kappa shape index (κ2) is 9.48. The molecule has 0 spiro atoms. The fourth-order valence-electron chi connectivity index (χ4n) is 3.08. The molecule has 3 rings (SSSR count). The zero-order valence-electron chi connectivity index (χ0n) is 15.5. The number of hydrogen-bond donors (Lipinski definition) is 1. The largest absolute Gasteiger partial charge is 0.341 e. The molecular formula is C21H25N3O2S. The Morgan fingerprint density at radius 2 is 1.85 bits per heavy atom. The van der Waals surface area contributed by atoms with Crippen LogP contribution >= 0.6 is 11.3 Å². The van der Waals surface area contributed by atoms with Crippen LogP contribution in [-0.2, 0) is 16.1 Å². The van der Waals surface area contributed by atoms with Crippen LogP contribution in [0, 0.1) is 0 Å². The number of carbonyl (C=O) groups excluding carboxylic acids is 2. The molecule has 27 heavy (non-hydrogen) atoms. The summed E-state index contributed by atoms with van der Waals surface area (Å²) in [5.41, 5.74) is 0.952. The van der Waals surface area contributed by atoms with Crippen molar-refractivity contribution in [3.8, 4) is 0 Å². The summed E-state index contributed by atoms with van der Waals surface area (Å²) in [6.07, 6.45) is 3.22. The number of amides is 2. The average Bonchev–Trinajstić information content (AvgIpc) is 3.20. The van der Waals surface area contributed by atoms with Crippen molar-refractivity contribution < 1.29 is 9.59 Å². The molecule has 1 saturated heterocycles. The van der Waals surface area contributed by atoms with Crippen LogP contribution in [-0.4, -0.2) is 53.8 Å². The van der Waals surface area contributed by atoms with E-state index >= 15 is 0 Å². The van der Waals surface area contributed by atoms with Crippen LogP contribution < -0.4 is 5.32 Å². The molecule has 2 aromatic rings. The molecule has 0 bridgehead atoms. The van der Waals surface area contributed by atoms with E-state index in [9.17, 15) is 9.59 Å². The first-order chi connectivity index (χ1) is 13.1. The zero-order chi connectivity index (χ0) is 19.1. The van der Waals surface area contributed by atoms with Crippen LogP contribution in [0.25, 0.3) is 6.08 Å². The van der Waals surface area contributed by atoms with E-state index in [2.05, 4.69) is 27.7 Å². The standard InChI is InChI=1S/C21H25N3O2S/c1-17(22-20(25)10-9-18-6-3-2-4-7-18)21(26)24-13-11-23(12-14-24)16-19-8-5-15-27-19/h2-10,15,17H,11-14,16H2,1H3,(H,22,25)/b10-9+. The van der Waals surface area contributed by atoms with Gasteiger partial charge in [-0.1, -0.05) is 36.4 Å². The van der Waals surface area contributed by atoms with Crippen molar-refractivity contribution in [1.29, 1.82) is 0 Å². The Kier molecular flexibility index (Phi) is 6.79. The van der Waals surface area contributed by atoms with Gasteiger partial charge in [-0.15, -0.1) is 11.3 Å². The van der Waals surface area contributed by atoms with Gasteiger partial charge in [0.15, 0.2) is 0 Å². The number of thiophene rings is 1. The van der Waals surface area contributed by atoms with Gasteiger partial charge in [-0.05, 0) is 30.0 Å². The van der Waals surface area contributed by atoms with Gasteiger partial charge >= 0.3 is 0 Å². The Bertz CT molecular complexity index is 766. The van der Waals surface area contributed by atoms with Gasteiger partial charge in [-0.25, -0.2) is 0 Å². The number of carbonyl (C=O) groups is 2. The summed E-state index contributed by atoms with van der Waals surface area (Å²) < 4.78 is 0. The zero-order valence-corrected chi connectivity index (χ0v) is 16.3. The fourth-order valence-corrected chi connectivity index (χ4v) is 3.83. The second-order valence-electron chi connectivity index (χ2n) is 6.66. The van der Waals surface area contributed by atoms with E-state index < -0.39 is 6.04 Å². The van der Waals surface area contributed by atoms with Crippen molar-refractivity contribution in [1.82, 2.24) is 15.1 Å². The molecule has 1 aliphatic rings. The molecule has 0 saturated carbocycles. The summed E-state index contributed by atoms with van der Waals surface area (Å²) >= 11 is 1.76. The summed E-state index contributed by atoms with van der Waals surface area (Å²) in [7, 11) is 0. The Morgan fingerprint density at radius 1 is 1.11 bits per heavy atom. The monoisotopic (exact) mass is 383 g/mol. The number of benzene rings is 1. The van der Waals surface area contributed by atoms with Crippen molar-refractivity contribution in [3.63, 3.8) is 0 Å². The number of piperazine rings is 1. The topological polar surface area (TPSA) is 52.7 Å². The molecule has 2 amide bonds. The average molecular weight is 384 g/mol. The van der Waals surface area contributed by atoms with Crippen molar-refractivity contribution >= 4 is 29.2 Å². The van der Waals surface area contributed by atoms with Crippen molar-refractivity contribution in [2.75, 3.05) is 26.2 Å². The van der Waals surface area contributed by atoms with E-state index in [1.165, 1.54) is 11.0 Å². The van der Waals surface area contributed by atoms with E-state index in [1.54, 1.807) is 24.3 Å². The molecule has 142 valence electrons. The van der Waals surface area contributed by atoms with E-state index in [-0.39, 0.29) is 11.8 Å². The Hall–Kier alpha value is -2.44. The summed E-state index contributed by atoms with van der Waals surface area (Å²) in [5.74, 6) is -0.275. The van der Waals surface area contributed by atoms with Crippen molar-refractivity contribution in [2.45, 2.75) is 19.5 Å². The first-order valence-corrected chi connectivity index (χ1v) is 10.1. The maximum absolute atomic E-state index is 12.6. The minimum absolute atomic E-state index is 0.0211. The molecule has 0 aliphatic carbocycles. The molecular weight excluding hydrogens is 358 g/mol. The smallest absolute Gasteiger partial charge is 0.244 e. The summed E-state index contributed by atoms with van der Waals surface area (Å²) in [5, 5.41) is 4.85. The lowest BCUT2D eigenvalue weighted by Crippen LogP contribution is -2.53. The SMILES string of the molecule is CC(NC(=O)/C=C/c1ccccc1)C(=O)N1CCN(Cc2cccs2)CC1. The third kappa shape index (κ3) is 5.77. The van der Waals surface area contributed by atoms with E-state index in [4.69, 9.17) is 0 Å². The minimum Gasteiger partial charge on any atom is -0.341 e. The number of nitrogens with zero attached hydrogens (tertiary/aromatic N) is 2. The van der Waals surface area contributed by atoms with Gasteiger partial charge in [0.1, 0.15) is 6.04 Å². The minimum atomic E-state index is -0.526. The third-order valence-electron chi connectivity index (χ3n) is 4.60. The van der Waals surface area contributed by atoms with E-state index in [1.807, 2.05) is 35.2 Å². The molecule has 2 heterocycles. The van der Waals surface area contributed by atoms with Gasteiger partial charge in [0.05, 0.1) is 0 Å². The Morgan fingerprint density at radius 3 is 2.52 bits per heavy atom. The lowest BCUT2D eigenvalue weighted by Gasteiger charge is -2.35. The highest BCUT2D eigenvalue weighted by molar-refractivity contribution is 7.09. The maximum atomic E-state index is 12.6. The molecule has 1 aromatic heterocycles. The molecule has 6 heteroatoms. The van der Waals surface area contributed by atoms with Crippen LogP contribution in [0.2, 0.25) is 0 Å². The molecule has 0 radical (unpaired) electrons. The summed E-state index contributed by atoms with van der Waals surface area (Å²) in [6, 6.07) is 13.3. The van der Waals surface area contributed by atoms with Gasteiger partial charge in [0.25, 0.3) is 0 Å². The van der Waals surface area contributed by atoms with Gasteiger partial charge in [0.2, 0.25) is 11.8 Å². The summed E-state index contributed by atoms with van der Waals surface area (Å²) in [4.78, 5) is 30.2. The molecule has 1 atom stereocenters. The molecule has 1 unspecified atom stereocenters. The molecule has 1 aliphatic heterocycles. The lowest BCUT2D eigenvalue weighted by molar-refractivity contribution is -0.136. The lowest BCUT2D eigenvalue weighted by atomic mass is 10.2. The summed E-state index contributed by atoms with van der Waals surface area (Å²) in [6.45, 7) is 5.80. The van der Waals surface area contributed by atoms with Crippen LogP contribution in [0.3, 0.4) is 0 Å². The highest BCUT2D eigenvalue weighted by Gasteiger charge is 2.25. The molecule has 1 N–H and O–H groups in total. The number of nitrogens with one attached hydrogen (secondary N) is 1. The third-order valence-corrected chi connectivity index (χ3v) is 5.46. The molecule has 1 fully saturated rings. The van der Waals surface area contributed by atoms with Crippen LogP contribution in [0.1, 0.15) is 17.4 Å². The fraction of sp³-hybridized carbons (Fsp3) is 0.333. The highest BCUT2D eigenvalue weighted by Crippen LogP contribution is 2.14. The Labute approximate surface area is 164 Å². The van der Waals surface area contributed by atoms with Crippen LogP contribution in [0.15, 0.2) is 53.9 Å². The molecule has 1 aromatic carbocycles. The predicted molar refractivity (Wildman–Crippen MR) is 109 cm³/mol. The van der Waals surface area contributed by atoms with Crippen LogP contribution in [0.5, 0.6) is 0 Å². The van der Waals surface area contributed by atoms with Gasteiger partial charge in [-0.3, -0.25) is 14.5 Å². The number of hydrogen-bond acceptors (Lipinski definition) is 4. The van der Waals surface area contributed by atoms with E-state index in [0.717, 1.165) is 25.2 Å². The van der Waals surface area contributed by atoms with Gasteiger partial charge < -0.3 is 10.2 Å². The van der Waals surface area contributed by atoms with Crippen molar-refractivity contribution in [2.24, 2.45) is 0 Å². The second-order valence-corrected chi connectivity index (χ2v) is 7.69. The quantitative estimate of drug-likeness (QED) is 0.780. The van der Waals surface area contributed by atoms with Gasteiger partial charge in [0, 0.05) is 43.7 Å². The van der Waals surface area contributed by atoms with Crippen LogP contribution in [0.4, 0.5) is 0 Å². The molecule has 5 nitrogen and oxygen atoms in total. The number of rotatable bonds is 6. The predicted octanol–water partition coefficient (Wildman–Crippen LogP) is 2.61. The maximum Gasteiger partial charge on any atom is 0.244 e. The normalized spacial score (nSPS) is 16.4. The first-order valence-electron chi connectivity index (χ1n) is 9.19. The highest BCUT2D eigenvalue weighted by atomic mass is 32.1.